The molecular formula is C13H27N3O2. The predicted molar refractivity (Wildman–Crippen MR) is 72.6 cm³/mol. The van der Waals surface area contributed by atoms with Crippen molar-refractivity contribution in [3.8, 4) is 0 Å². The number of rotatable bonds is 6. The van der Waals surface area contributed by atoms with Crippen LogP contribution in [0.4, 0.5) is 0 Å². The largest absolute Gasteiger partial charge is 0.468 e. The summed E-state index contributed by atoms with van der Waals surface area (Å²) in [7, 11) is 1.45. The second-order valence-corrected chi connectivity index (χ2v) is 5.13. The van der Waals surface area contributed by atoms with E-state index in [1.165, 1.54) is 7.11 Å². The molecule has 1 saturated heterocycles. The second-order valence-electron chi connectivity index (χ2n) is 5.13. The van der Waals surface area contributed by atoms with E-state index < -0.39 is 0 Å². The molecule has 0 amide bonds. The highest BCUT2D eigenvalue weighted by Crippen LogP contribution is 2.03. The number of ether oxygens (including phenoxy) is 1. The highest BCUT2D eigenvalue weighted by molar-refractivity contribution is 5.76. The van der Waals surface area contributed by atoms with Gasteiger partial charge in [0, 0.05) is 38.8 Å². The van der Waals surface area contributed by atoms with Crippen molar-refractivity contribution in [2.24, 2.45) is 0 Å². The van der Waals surface area contributed by atoms with Gasteiger partial charge in [-0.1, -0.05) is 20.8 Å². The Balaban J connectivity index is 2.43. The van der Waals surface area contributed by atoms with Crippen LogP contribution in [0.2, 0.25) is 0 Å². The molecule has 5 heteroatoms. The average Bonchev–Trinajstić information content (AvgIpc) is 2.37. The molecule has 0 aliphatic carbocycles. The molecule has 5 nitrogen and oxygen atoms in total. The zero-order valence-electron chi connectivity index (χ0n) is 12.1. The van der Waals surface area contributed by atoms with Crippen molar-refractivity contribution in [3.63, 3.8) is 0 Å². The Morgan fingerprint density at radius 3 is 2.22 bits per heavy atom. The first-order chi connectivity index (χ1) is 8.56. The molecule has 1 aliphatic rings. The van der Waals surface area contributed by atoms with Gasteiger partial charge in [-0.3, -0.25) is 9.69 Å². The molecule has 1 fully saturated rings. The lowest BCUT2D eigenvalue weighted by atomic mass is 10.2. The Labute approximate surface area is 110 Å². The molecule has 0 aromatic rings. The van der Waals surface area contributed by atoms with Crippen LogP contribution in [0.15, 0.2) is 0 Å². The van der Waals surface area contributed by atoms with E-state index in [0.29, 0.717) is 0 Å². The maximum Gasteiger partial charge on any atom is 0.324 e. The highest BCUT2D eigenvalue weighted by atomic mass is 16.5. The minimum atomic E-state index is -0.219. The van der Waals surface area contributed by atoms with E-state index in [0.717, 1.165) is 39.3 Å². The summed E-state index contributed by atoms with van der Waals surface area (Å²) in [6.07, 6.45) is 0. The number of nitrogens with one attached hydrogen (secondary N) is 1. The van der Waals surface area contributed by atoms with Crippen LogP contribution in [0, 0.1) is 0 Å². The molecule has 1 rings (SSSR count). The number of esters is 1. The molecule has 0 spiro atoms. The fourth-order valence-electron chi connectivity index (χ4n) is 2.29. The van der Waals surface area contributed by atoms with Crippen LogP contribution >= 0.6 is 0 Å². The highest BCUT2D eigenvalue weighted by Gasteiger charge is 2.24. The van der Waals surface area contributed by atoms with Crippen LogP contribution in [0.1, 0.15) is 20.8 Å². The lowest BCUT2D eigenvalue weighted by molar-refractivity contribution is -0.144. The van der Waals surface area contributed by atoms with Gasteiger partial charge in [0.2, 0.25) is 0 Å². The Morgan fingerprint density at radius 1 is 1.22 bits per heavy atom. The minimum absolute atomic E-state index is 0.165. The van der Waals surface area contributed by atoms with E-state index in [4.69, 9.17) is 4.74 Å². The maximum absolute atomic E-state index is 11.7. The Bertz CT molecular complexity index is 251. The summed E-state index contributed by atoms with van der Waals surface area (Å²) in [5.41, 5.74) is 0. The Hall–Kier alpha value is -0.650. The van der Waals surface area contributed by atoms with Crippen LogP contribution in [0.5, 0.6) is 0 Å². The van der Waals surface area contributed by atoms with Gasteiger partial charge in [-0.15, -0.1) is 0 Å². The number of nitrogens with zero attached hydrogens (tertiary/aromatic N) is 2. The summed E-state index contributed by atoms with van der Waals surface area (Å²) in [6, 6.07) is 0.0641. The fourth-order valence-corrected chi connectivity index (χ4v) is 2.29. The molecule has 0 aromatic carbocycles. The maximum atomic E-state index is 11.7. The van der Waals surface area contributed by atoms with Crippen LogP contribution in [-0.2, 0) is 9.53 Å². The molecule has 1 aliphatic heterocycles. The van der Waals surface area contributed by atoms with Crippen molar-refractivity contribution in [2.45, 2.75) is 32.9 Å². The van der Waals surface area contributed by atoms with E-state index in [2.05, 4.69) is 22.0 Å². The zero-order chi connectivity index (χ0) is 13.5. The van der Waals surface area contributed by atoms with Crippen molar-refractivity contribution in [2.75, 3.05) is 46.4 Å². The van der Waals surface area contributed by atoms with E-state index in [1.807, 2.05) is 13.8 Å². The van der Waals surface area contributed by atoms with Crippen molar-refractivity contribution in [1.29, 1.82) is 0 Å². The van der Waals surface area contributed by atoms with Gasteiger partial charge in [0.15, 0.2) is 0 Å². The first kappa shape index (κ1) is 15.4. The van der Waals surface area contributed by atoms with Crippen LogP contribution in [0.3, 0.4) is 0 Å². The predicted octanol–water partition coefficient (Wildman–Crippen LogP) is 0.164. The number of methoxy groups -OCH3 is 1. The van der Waals surface area contributed by atoms with E-state index in [9.17, 15) is 4.79 Å². The van der Waals surface area contributed by atoms with Crippen molar-refractivity contribution in [3.05, 3.63) is 0 Å². The van der Waals surface area contributed by atoms with Crippen LogP contribution in [-0.4, -0.2) is 74.2 Å². The molecule has 0 radical (unpaired) electrons. The van der Waals surface area contributed by atoms with Gasteiger partial charge in [-0.05, 0) is 6.54 Å². The van der Waals surface area contributed by atoms with E-state index in [1.54, 1.807) is 0 Å². The third-order valence-electron chi connectivity index (χ3n) is 3.37. The average molecular weight is 257 g/mol. The number of piperazine rings is 1. The van der Waals surface area contributed by atoms with E-state index >= 15 is 0 Å². The minimum Gasteiger partial charge on any atom is -0.468 e. The van der Waals surface area contributed by atoms with Gasteiger partial charge in [-0.25, -0.2) is 0 Å². The fraction of sp³-hybridized carbons (Fsp3) is 0.923. The molecule has 0 aromatic heterocycles. The summed E-state index contributed by atoms with van der Waals surface area (Å²) >= 11 is 0. The molecule has 0 bridgehead atoms. The molecule has 18 heavy (non-hydrogen) atoms. The molecule has 1 atom stereocenters. The molecule has 1 N–H and O–H groups in total. The third-order valence-corrected chi connectivity index (χ3v) is 3.37. The van der Waals surface area contributed by atoms with Gasteiger partial charge in [-0.2, -0.15) is 0 Å². The van der Waals surface area contributed by atoms with Crippen LogP contribution < -0.4 is 5.32 Å². The topological polar surface area (TPSA) is 44.8 Å². The molecular weight excluding hydrogens is 230 g/mol. The normalized spacial score (nSPS) is 20.1. The van der Waals surface area contributed by atoms with Gasteiger partial charge in [0.25, 0.3) is 0 Å². The monoisotopic (exact) mass is 257 g/mol. The molecule has 106 valence electrons. The number of hydrogen-bond donors (Lipinski definition) is 1. The zero-order valence-corrected chi connectivity index (χ0v) is 12.1. The second kappa shape index (κ2) is 7.71. The van der Waals surface area contributed by atoms with Gasteiger partial charge in [0.05, 0.1) is 7.11 Å². The van der Waals surface area contributed by atoms with Gasteiger partial charge < -0.3 is 15.0 Å². The van der Waals surface area contributed by atoms with E-state index in [-0.39, 0.29) is 18.1 Å². The summed E-state index contributed by atoms with van der Waals surface area (Å²) < 4.78 is 4.86. The number of likely N-dealkylation sites (N-methyl/N-ethyl adjacent to an activating group) is 1. The lowest BCUT2D eigenvalue weighted by Gasteiger charge is -2.35. The first-order valence-corrected chi connectivity index (χ1v) is 6.85. The Kier molecular flexibility index (Phi) is 6.60. The lowest BCUT2D eigenvalue weighted by Crippen LogP contribution is -2.54. The summed E-state index contributed by atoms with van der Waals surface area (Å²) in [4.78, 5) is 16.5. The summed E-state index contributed by atoms with van der Waals surface area (Å²) in [5.74, 6) is -0.165. The van der Waals surface area contributed by atoms with Gasteiger partial charge in [0.1, 0.15) is 6.04 Å². The van der Waals surface area contributed by atoms with Crippen molar-refractivity contribution < 1.29 is 9.53 Å². The standard InChI is InChI=1S/C13H27N3O2/c1-5-15-6-8-16(9-7-15)10-12(13(17)18-4)14-11(2)3/h11-12,14H,5-10H2,1-4H3. The van der Waals surface area contributed by atoms with Crippen LogP contribution in [0.25, 0.3) is 0 Å². The first-order valence-electron chi connectivity index (χ1n) is 6.85. The molecule has 1 heterocycles. The summed E-state index contributed by atoms with van der Waals surface area (Å²) in [5, 5.41) is 3.27. The summed E-state index contributed by atoms with van der Waals surface area (Å²) in [6.45, 7) is 12.4. The Morgan fingerprint density at radius 2 is 1.78 bits per heavy atom. The SMILES string of the molecule is CCN1CCN(CC(NC(C)C)C(=O)OC)CC1. The van der Waals surface area contributed by atoms with Gasteiger partial charge >= 0.3 is 5.97 Å². The number of hydrogen-bond acceptors (Lipinski definition) is 5. The third kappa shape index (κ3) is 4.92. The quantitative estimate of drug-likeness (QED) is 0.687. The number of carbonyl (C=O) groups is 1. The van der Waals surface area contributed by atoms with Crippen molar-refractivity contribution >= 4 is 5.97 Å². The number of carbonyl (C=O) groups excluding carboxylic acids is 1. The smallest absolute Gasteiger partial charge is 0.324 e. The van der Waals surface area contributed by atoms with Crippen molar-refractivity contribution in [1.82, 2.24) is 15.1 Å². The molecule has 0 saturated carbocycles. The molecule has 1 unspecified atom stereocenters.